The van der Waals surface area contributed by atoms with Gasteiger partial charge in [-0.15, -0.1) is 11.6 Å². The molecule has 5 nitrogen and oxygen atoms in total. The zero-order valence-electron chi connectivity index (χ0n) is 8.15. The molecule has 1 saturated heterocycles. The Balaban J connectivity index is 2.11. The lowest BCUT2D eigenvalue weighted by atomic mass is 10.2. The summed E-state index contributed by atoms with van der Waals surface area (Å²) in [5, 5.41) is 6.37. The largest absolute Gasteiger partial charge is 0.377 e. The van der Waals surface area contributed by atoms with Crippen LogP contribution in [0.2, 0.25) is 0 Å². The second-order valence-corrected chi connectivity index (χ2v) is 3.68. The van der Waals surface area contributed by atoms with Crippen molar-refractivity contribution in [1.29, 1.82) is 0 Å². The van der Waals surface area contributed by atoms with Crippen LogP contribution in [0, 0.1) is 0 Å². The van der Waals surface area contributed by atoms with E-state index in [2.05, 4.69) is 10.2 Å². The Hall–Kier alpha value is -1.07. The molecule has 15 heavy (non-hydrogen) atoms. The van der Waals surface area contributed by atoms with Crippen LogP contribution in [0.15, 0.2) is 12.4 Å². The maximum Gasteiger partial charge on any atom is 0.257 e. The first-order valence-electron chi connectivity index (χ1n) is 4.76. The first kappa shape index (κ1) is 10.4. The molecule has 6 heteroatoms. The average molecular weight is 230 g/mol. The SMILES string of the molecule is O=C(c1cn[nH]c1)N1CCOCC1CCl. The maximum atomic E-state index is 12.0. The Morgan fingerprint density at radius 1 is 1.80 bits per heavy atom. The summed E-state index contributed by atoms with van der Waals surface area (Å²) in [6, 6.07) is -0.0391. The van der Waals surface area contributed by atoms with Gasteiger partial charge < -0.3 is 9.64 Å². The van der Waals surface area contributed by atoms with Crippen molar-refractivity contribution >= 4 is 17.5 Å². The standard InChI is InChI=1S/C9H12ClN3O2/c10-3-8-6-15-2-1-13(8)9(14)7-4-11-12-5-7/h4-5,8H,1-3,6H2,(H,11,12). The van der Waals surface area contributed by atoms with E-state index in [1.165, 1.54) is 6.20 Å². The molecule has 0 spiro atoms. The van der Waals surface area contributed by atoms with Gasteiger partial charge in [0.15, 0.2) is 0 Å². The number of nitrogens with zero attached hydrogens (tertiary/aromatic N) is 2. The van der Waals surface area contributed by atoms with Crippen LogP contribution >= 0.6 is 11.6 Å². The molecule has 1 aromatic rings. The molecule has 1 aromatic heterocycles. The number of aromatic nitrogens is 2. The average Bonchev–Trinajstić information content (AvgIpc) is 2.81. The van der Waals surface area contributed by atoms with Crippen molar-refractivity contribution in [3.63, 3.8) is 0 Å². The van der Waals surface area contributed by atoms with Crippen LogP contribution < -0.4 is 0 Å². The van der Waals surface area contributed by atoms with Gasteiger partial charge in [-0.2, -0.15) is 5.10 Å². The number of hydrogen-bond acceptors (Lipinski definition) is 3. The number of carbonyl (C=O) groups excluding carboxylic acids is 1. The Labute approximate surface area is 92.4 Å². The molecule has 1 N–H and O–H groups in total. The number of H-pyrrole nitrogens is 1. The van der Waals surface area contributed by atoms with E-state index >= 15 is 0 Å². The Morgan fingerprint density at radius 2 is 2.67 bits per heavy atom. The van der Waals surface area contributed by atoms with Crippen LogP contribution in [0.25, 0.3) is 0 Å². The number of ether oxygens (including phenoxy) is 1. The van der Waals surface area contributed by atoms with Gasteiger partial charge in [0.2, 0.25) is 0 Å². The van der Waals surface area contributed by atoms with E-state index < -0.39 is 0 Å². The summed E-state index contributed by atoms with van der Waals surface area (Å²) >= 11 is 5.78. The second kappa shape index (κ2) is 4.63. The number of hydrogen-bond donors (Lipinski definition) is 1. The minimum Gasteiger partial charge on any atom is -0.377 e. The molecule has 0 radical (unpaired) electrons. The van der Waals surface area contributed by atoms with E-state index in [1.807, 2.05) is 0 Å². The van der Waals surface area contributed by atoms with Crippen molar-refractivity contribution in [1.82, 2.24) is 15.1 Å². The van der Waals surface area contributed by atoms with Crippen LogP contribution in [-0.2, 0) is 4.74 Å². The monoisotopic (exact) mass is 229 g/mol. The zero-order chi connectivity index (χ0) is 10.7. The van der Waals surface area contributed by atoms with Crippen molar-refractivity contribution in [2.75, 3.05) is 25.6 Å². The highest BCUT2D eigenvalue weighted by Crippen LogP contribution is 2.12. The van der Waals surface area contributed by atoms with Gasteiger partial charge in [0.05, 0.1) is 31.0 Å². The minimum absolute atomic E-state index is 0.0391. The summed E-state index contributed by atoms with van der Waals surface area (Å²) in [4.78, 5) is 13.7. The van der Waals surface area contributed by atoms with E-state index in [0.29, 0.717) is 31.2 Å². The topological polar surface area (TPSA) is 58.2 Å². The van der Waals surface area contributed by atoms with Crippen LogP contribution in [0.5, 0.6) is 0 Å². The number of amides is 1. The van der Waals surface area contributed by atoms with E-state index in [-0.39, 0.29) is 11.9 Å². The first-order chi connectivity index (χ1) is 7.33. The van der Waals surface area contributed by atoms with Gasteiger partial charge in [-0.1, -0.05) is 0 Å². The quantitative estimate of drug-likeness (QED) is 0.751. The molecular weight excluding hydrogens is 218 g/mol. The summed E-state index contributed by atoms with van der Waals surface area (Å²) in [6.45, 7) is 1.66. The highest BCUT2D eigenvalue weighted by molar-refractivity contribution is 6.18. The van der Waals surface area contributed by atoms with E-state index in [9.17, 15) is 4.79 Å². The second-order valence-electron chi connectivity index (χ2n) is 3.37. The molecule has 1 aliphatic heterocycles. The van der Waals surface area contributed by atoms with Gasteiger partial charge in [-0.25, -0.2) is 0 Å². The predicted molar refractivity (Wildman–Crippen MR) is 55.0 cm³/mol. The van der Waals surface area contributed by atoms with E-state index in [0.717, 1.165) is 0 Å². The lowest BCUT2D eigenvalue weighted by Gasteiger charge is -2.34. The highest BCUT2D eigenvalue weighted by Gasteiger charge is 2.27. The third-order valence-corrected chi connectivity index (χ3v) is 2.77. The normalized spacial score (nSPS) is 21.7. The first-order valence-corrected chi connectivity index (χ1v) is 5.30. The Kier molecular flexibility index (Phi) is 3.23. The van der Waals surface area contributed by atoms with Crippen molar-refractivity contribution < 1.29 is 9.53 Å². The van der Waals surface area contributed by atoms with Gasteiger partial charge in [-0.3, -0.25) is 9.89 Å². The predicted octanol–water partition coefficient (Wildman–Crippen LogP) is 0.489. The number of aromatic amines is 1. The van der Waals surface area contributed by atoms with Gasteiger partial charge >= 0.3 is 0 Å². The number of nitrogens with one attached hydrogen (secondary N) is 1. The fraction of sp³-hybridized carbons (Fsp3) is 0.556. The van der Waals surface area contributed by atoms with Crippen molar-refractivity contribution in [3.8, 4) is 0 Å². The molecule has 1 atom stereocenters. The number of alkyl halides is 1. The summed E-state index contributed by atoms with van der Waals surface area (Å²) in [5.74, 6) is 0.349. The van der Waals surface area contributed by atoms with Crippen LogP contribution in [-0.4, -0.2) is 52.7 Å². The molecule has 1 amide bonds. The molecule has 0 saturated carbocycles. The van der Waals surface area contributed by atoms with E-state index in [4.69, 9.17) is 16.3 Å². The van der Waals surface area contributed by atoms with Gasteiger partial charge in [0, 0.05) is 18.6 Å². The molecule has 0 bridgehead atoms. The molecule has 82 valence electrons. The smallest absolute Gasteiger partial charge is 0.257 e. The third kappa shape index (κ3) is 2.13. The fourth-order valence-corrected chi connectivity index (χ4v) is 1.84. The summed E-state index contributed by atoms with van der Waals surface area (Å²) in [6.07, 6.45) is 3.10. The van der Waals surface area contributed by atoms with Crippen molar-refractivity contribution in [2.45, 2.75) is 6.04 Å². The Bertz CT molecular complexity index is 328. The molecule has 1 fully saturated rings. The van der Waals surface area contributed by atoms with Gasteiger partial charge in [-0.05, 0) is 0 Å². The van der Waals surface area contributed by atoms with Gasteiger partial charge in [0.1, 0.15) is 0 Å². The number of halogens is 1. The minimum atomic E-state index is -0.0438. The van der Waals surface area contributed by atoms with Crippen molar-refractivity contribution in [2.24, 2.45) is 0 Å². The molecule has 1 aliphatic rings. The van der Waals surface area contributed by atoms with E-state index in [1.54, 1.807) is 11.1 Å². The zero-order valence-corrected chi connectivity index (χ0v) is 8.91. The summed E-state index contributed by atoms with van der Waals surface area (Å²) in [7, 11) is 0. The molecule has 0 aliphatic carbocycles. The van der Waals surface area contributed by atoms with Crippen LogP contribution in [0.1, 0.15) is 10.4 Å². The molecule has 0 aromatic carbocycles. The fourth-order valence-electron chi connectivity index (χ4n) is 1.58. The molecule has 2 heterocycles. The third-order valence-electron chi connectivity index (χ3n) is 2.41. The highest BCUT2D eigenvalue weighted by atomic mass is 35.5. The van der Waals surface area contributed by atoms with Crippen molar-refractivity contribution in [3.05, 3.63) is 18.0 Å². The Morgan fingerprint density at radius 3 is 3.33 bits per heavy atom. The lowest BCUT2D eigenvalue weighted by Crippen LogP contribution is -2.49. The van der Waals surface area contributed by atoms with Crippen LogP contribution in [0.3, 0.4) is 0 Å². The number of morpholine rings is 1. The maximum absolute atomic E-state index is 12.0. The summed E-state index contributed by atoms with van der Waals surface area (Å²) < 4.78 is 5.27. The molecular formula is C9H12ClN3O2. The molecule has 2 rings (SSSR count). The number of rotatable bonds is 2. The lowest BCUT2D eigenvalue weighted by molar-refractivity contribution is 0.00456. The van der Waals surface area contributed by atoms with Gasteiger partial charge in [0.25, 0.3) is 5.91 Å². The van der Waals surface area contributed by atoms with Crippen LogP contribution in [0.4, 0.5) is 0 Å². The molecule has 1 unspecified atom stereocenters. The number of carbonyl (C=O) groups is 1. The summed E-state index contributed by atoms with van der Waals surface area (Å²) in [5.41, 5.74) is 0.562.